The molecule has 0 saturated carbocycles. The monoisotopic (exact) mass is 269 g/mol. The maximum Gasteiger partial charge on any atom is 0.251 e. The number of rotatable bonds is 2. The molecule has 0 atom stereocenters. The Morgan fingerprint density at radius 1 is 1.47 bits per heavy atom. The molecule has 0 aliphatic rings. The fourth-order valence-corrected chi connectivity index (χ4v) is 2.20. The minimum absolute atomic E-state index is 0.109. The lowest BCUT2D eigenvalue weighted by atomic mass is 10.4. The van der Waals surface area contributed by atoms with Gasteiger partial charge in [0.1, 0.15) is 5.03 Å². The van der Waals surface area contributed by atoms with Gasteiger partial charge in [-0.15, -0.1) is 0 Å². The van der Waals surface area contributed by atoms with E-state index in [9.17, 15) is 4.79 Å². The predicted octanol–water partition coefficient (Wildman–Crippen LogP) is 1.26. The number of aromatic nitrogens is 4. The van der Waals surface area contributed by atoms with E-state index in [1.807, 2.05) is 0 Å². The van der Waals surface area contributed by atoms with Crippen molar-refractivity contribution < 1.29 is 0 Å². The van der Waals surface area contributed by atoms with Crippen LogP contribution < -0.4 is 11.3 Å². The average molecular weight is 270 g/mol. The van der Waals surface area contributed by atoms with Gasteiger partial charge in [0.05, 0.1) is 11.4 Å². The lowest BCUT2D eigenvalue weighted by Gasteiger charge is -2.05. The van der Waals surface area contributed by atoms with E-state index in [4.69, 9.17) is 17.3 Å². The molecule has 2 aromatic heterocycles. The summed E-state index contributed by atoms with van der Waals surface area (Å²) < 4.78 is 0. The first-order chi connectivity index (χ1) is 8.06. The second kappa shape index (κ2) is 4.72. The second-order valence-corrected chi connectivity index (χ2v) is 4.45. The predicted molar refractivity (Wildman–Crippen MR) is 65.2 cm³/mol. The van der Waals surface area contributed by atoms with Gasteiger partial charge in [0.25, 0.3) is 5.56 Å². The largest absolute Gasteiger partial charge is 0.395 e. The van der Waals surface area contributed by atoms with Crippen LogP contribution in [0, 0.1) is 6.92 Å². The first kappa shape index (κ1) is 11.9. The van der Waals surface area contributed by atoms with Crippen molar-refractivity contribution in [2.75, 3.05) is 5.73 Å². The Labute approximate surface area is 106 Å². The van der Waals surface area contributed by atoms with E-state index in [1.54, 1.807) is 6.92 Å². The van der Waals surface area contributed by atoms with Gasteiger partial charge in [-0.3, -0.25) is 4.79 Å². The van der Waals surface area contributed by atoms with E-state index in [1.165, 1.54) is 12.3 Å². The van der Waals surface area contributed by atoms with Crippen LogP contribution in [0.3, 0.4) is 0 Å². The molecule has 0 unspecified atom stereocenters. The lowest BCUT2D eigenvalue weighted by molar-refractivity contribution is 0.928. The van der Waals surface area contributed by atoms with Crippen molar-refractivity contribution in [1.29, 1.82) is 0 Å². The molecule has 0 fully saturated rings. The number of hydrogen-bond acceptors (Lipinski definition) is 6. The van der Waals surface area contributed by atoms with E-state index in [0.717, 1.165) is 11.8 Å². The van der Waals surface area contributed by atoms with Crippen LogP contribution in [0.4, 0.5) is 5.69 Å². The van der Waals surface area contributed by atoms with Gasteiger partial charge in [0.15, 0.2) is 5.16 Å². The molecule has 6 nitrogen and oxygen atoms in total. The standard InChI is InChI=1S/C9H8ClN5OS/c1-4-6(11)7(15-8(10)13-4)17-9-12-3-2-5(16)14-9/h2-3H,11H2,1H3,(H,12,14,16). The van der Waals surface area contributed by atoms with Crippen molar-refractivity contribution in [1.82, 2.24) is 19.9 Å². The quantitative estimate of drug-likeness (QED) is 0.629. The number of halogens is 1. The topological polar surface area (TPSA) is 97.5 Å². The summed E-state index contributed by atoms with van der Waals surface area (Å²) in [5.41, 5.74) is 6.59. The number of nitrogens with zero attached hydrogens (tertiary/aromatic N) is 3. The Morgan fingerprint density at radius 2 is 2.24 bits per heavy atom. The molecule has 88 valence electrons. The molecule has 2 heterocycles. The van der Waals surface area contributed by atoms with Crippen molar-refractivity contribution in [2.45, 2.75) is 17.1 Å². The zero-order valence-corrected chi connectivity index (χ0v) is 10.3. The van der Waals surface area contributed by atoms with Gasteiger partial charge in [-0.1, -0.05) is 0 Å². The molecule has 2 aromatic rings. The van der Waals surface area contributed by atoms with Crippen LogP contribution in [0.5, 0.6) is 0 Å². The summed E-state index contributed by atoms with van der Waals surface area (Å²) in [6.45, 7) is 1.73. The van der Waals surface area contributed by atoms with Gasteiger partial charge in [0, 0.05) is 12.3 Å². The van der Waals surface area contributed by atoms with Gasteiger partial charge in [-0.25, -0.2) is 15.0 Å². The lowest BCUT2D eigenvalue weighted by Crippen LogP contribution is -2.06. The van der Waals surface area contributed by atoms with Crippen LogP contribution in [-0.4, -0.2) is 19.9 Å². The highest BCUT2D eigenvalue weighted by Gasteiger charge is 2.10. The minimum atomic E-state index is -0.238. The summed E-state index contributed by atoms with van der Waals surface area (Å²) in [7, 11) is 0. The van der Waals surface area contributed by atoms with Crippen molar-refractivity contribution in [2.24, 2.45) is 0 Å². The summed E-state index contributed by atoms with van der Waals surface area (Å²) in [5, 5.41) is 0.979. The summed E-state index contributed by atoms with van der Waals surface area (Å²) in [6, 6.07) is 1.33. The summed E-state index contributed by atoms with van der Waals surface area (Å²) >= 11 is 6.87. The highest BCUT2D eigenvalue weighted by atomic mass is 35.5. The Kier molecular flexibility index (Phi) is 3.30. The van der Waals surface area contributed by atoms with E-state index in [2.05, 4.69) is 19.9 Å². The number of nitrogens with two attached hydrogens (primary N) is 1. The summed E-state index contributed by atoms with van der Waals surface area (Å²) in [6.07, 6.45) is 1.41. The van der Waals surface area contributed by atoms with Gasteiger partial charge in [0.2, 0.25) is 5.28 Å². The smallest absolute Gasteiger partial charge is 0.251 e. The molecular weight excluding hydrogens is 262 g/mol. The number of nitrogen functional groups attached to an aromatic ring is 1. The van der Waals surface area contributed by atoms with Crippen molar-refractivity contribution in [3.05, 3.63) is 33.6 Å². The SMILES string of the molecule is Cc1nc(Cl)nc(Sc2nccc(=O)[nH]2)c1N. The van der Waals surface area contributed by atoms with Crippen LogP contribution in [0.1, 0.15) is 5.69 Å². The Balaban J connectivity index is 2.39. The van der Waals surface area contributed by atoms with E-state index in [-0.39, 0.29) is 10.8 Å². The molecule has 0 aliphatic heterocycles. The molecule has 0 saturated heterocycles. The minimum Gasteiger partial charge on any atom is -0.395 e. The molecular formula is C9H8ClN5OS. The maximum atomic E-state index is 11.1. The number of hydrogen-bond donors (Lipinski definition) is 2. The molecule has 3 N–H and O–H groups in total. The third-order valence-electron chi connectivity index (χ3n) is 1.92. The van der Waals surface area contributed by atoms with Crippen LogP contribution >= 0.6 is 23.4 Å². The van der Waals surface area contributed by atoms with Crippen LogP contribution in [-0.2, 0) is 0 Å². The molecule has 2 rings (SSSR count). The molecule has 0 bridgehead atoms. The number of H-pyrrole nitrogens is 1. The normalized spacial score (nSPS) is 10.5. The number of aryl methyl sites for hydroxylation is 1. The number of anilines is 1. The zero-order valence-electron chi connectivity index (χ0n) is 8.77. The Bertz CT molecular complexity index is 615. The third kappa shape index (κ3) is 2.75. The first-order valence-corrected chi connectivity index (χ1v) is 5.78. The maximum absolute atomic E-state index is 11.1. The molecule has 0 spiro atoms. The highest BCUT2D eigenvalue weighted by molar-refractivity contribution is 7.99. The second-order valence-electron chi connectivity index (χ2n) is 3.14. The fraction of sp³-hybridized carbons (Fsp3) is 0.111. The number of aromatic amines is 1. The van der Waals surface area contributed by atoms with E-state index in [0.29, 0.717) is 21.6 Å². The molecule has 0 aliphatic carbocycles. The molecule has 0 amide bonds. The van der Waals surface area contributed by atoms with Crippen molar-refractivity contribution >= 4 is 29.1 Å². The third-order valence-corrected chi connectivity index (χ3v) is 2.99. The van der Waals surface area contributed by atoms with Crippen molar-refractivity contribution in [3.63, 3.8) is 0 Å². The van der Waals surface area contributed by atoms with Gasteiger partial charge >= 0.3 is 0 Å². The van der Waals surface area contributed by atoms with E-state index >= 15 is 0 Å². The molecule has 0 aromatic carbocycles. The van der Waals surface area contributed by atoms with Gasteiger partial charge < -0.3 is 10.7 Å². The highest BCUT2D eigenvalue weighted by Crippen LogP contribution is 2.29. The van der Waals surface area contributed by atoms with Crippen LogP contribution in [0.25, 0.3) is 0 Å². The van der Waals surface area contributed by atoms with Crippen LogP contribution in [0.15, 0.2) is 27.2 Å². The number of nitrogens with one attached hydrogen (secondary N) is 1. The zero-order chi connectivity index (χ0) is 12.4. The van der Waals surface area contributed by atoms with Crippen molar-refractivity contribution in [3.8, 4) is 0 Å². The first-order valence-electron chi connectivity index (χ1n) is 4.59. The summed E-state index contributed by atoms with van der Waals surface area (Å²) in [4.78, 5) is 25.5. The molecule has 8 heteroatoms. The summed E-state index contributed by atoms with van der Waals surface area (Å²) in [5.74, 6) is 0. The van der Waals surface area contributed by atoms with Gasteiger partial charge in [-0.2, -0.15) is 0 Å². The molecule has 0 radical (unpaired) electrons. The fourth-order valence-electron chi connectivity index (χ4n) is 1.10. The average Bonchev–Trinajstić information content (AvgIpc) is 2.25. The Morgan fingerprint density at radius 3 is 2.94 bits per heavy atom. The molecule has 17 heavy (non-hydrogen) atoms. The van der Waals surface area contributed by atoms with Gasteiger partial charge in [-0.05, 0) is 30.3 Å². The van der Waals surface area contributed by atoms with Crippen LogP contribution in [0.2, 0.25) is 5.28 Å². The van der Waals surface area contributed by atoms with E-state index < -0.39 is 0 Å². The Hall–Kier alpha value is -1.60.